The number of piperidine rings is 1. The molecule has 2 aliphatic heterocycles. The summed E-state index contributed by atoms with van der Waals surface area (Å²) in [5.74, 6) is 1.86. The lowest BCUT2D eigenvalue weighted by molar-refractivity contribution is -0.0167. The van der Waals surface area contributed by atoms with Gasteiger partial charge in [-0.05, 0) is 38.6 Å². The summed E-state index contributed by atoms with van der Waals surface area (Å²) in [6.07, 6.45) is 5.65. The van der Waals surface area contributed by atoms with Crippen LogP contribution in [0.1, 0.15) is 25.7 Å². The zero-order chi connectivity index (χ0) is 16.1. The molecule has 1 aliphatic carbocycles. The van der Waals surface area contributed by atoms with Crippen molar-refractivity contribution in [2.75, 3.05) is 60.0 Å². The Morgan fingerprint density at radius 2 is 2.00 bits per heavy atom. The number of rotatable bonds is 5. The smallest absolute Gasteiger partial charge is 0.193 e. The molecule has 0 aromatic heterocycles. The quantitative estimate of drug-likeness (QED) is 0.598. The maximum absolute atomic E-state index is 6.02. The van der Waals surface area contributed by atoms with Crippen LogP contribution in [0.3, 0.4) is 0 Å². The van der Waals surface area contributed by atoms with Gasteiger partial charge in [0.2, 0.25) is 0 Å². The van der Waals surface area contributed by atoms with Crippen LogP contribution in [0.25, 0.3) is 0 Å². The van der Waals surface area contributed by atoms with Crippen LogP contribution in [0.15, 0.2) is 4.99 Å². The van der Waals surface area contributed by atoms with E-state index in [4.69, 9.17) is 9.47 Å². The summed E-state index contributed by atoms with van der Waals surface area (Å²) in [7, 11) is 4.02. The monoisotopic (exact) mass is 324 g/mol. The highest BCUT2D eigenvalue weighted by Crippen LogP contribution is 2.30. The Kier molecular flexibility index (Phi) is 6.14. The van der Waals surface area contributed by atoms with E-state index < -0.39 is 0 Å². The standard InChI is InChI=1S/C17H32N4O2/c1-18-17(19-11-16-12-20(2)9-10-22-16)21-7-5-15(6-8-21)23-13-14-3-4-14/h14-16H,3-13H2,1-2H3,(H,18,19). The van der Waals surface area contributed by atoms with Gasteiger partial charge in [0.1, 0.15) is 0 Å². The molecule has 6 heteroatoms. The van der Waals surface area contributed by atoms with Crippen LogP contribution in [0.2, 0.25) is 0 Å². The molecule has 132 valence electrons. The first-order valence-corrected chi connectivity index (χ1v) is 9.12. The normalized spacial score (nSPS) is 28.2. The molecular weight excluding hydrogens is 292 g/mol. The highest BCUT2D eigenvalue weighted by atomic mass is 16.5. The van der Waals surface area contributed by atoms with E-state index >= 15 is 0 Å². The molecule has 0 amide bonds. The zero-order valence-corrected chi connectivity index (χ0v) is 14.7. The fourth-order valence-corrected chi connectivity index (χ4v) is 3.32. The Morgan fingerprint density at radius 1 is 1.22 bits per heavy atom. The predicted octanol–water partition coefficient (Wildman–Crippen LogP) is 0.783. The van der Waals surface area contributed by atoms with E-state index in [1.54, 1.807) is 0 Å². The molecule has 0 spiro atoms. The number of likely N-dealkylation sites (N-methyl/N-ethyl adjacent to an activating group) is 1. The molecule has 3 fully saturated rings. The third kappa shape index (κ3) is 5.33. The van der Waals surface area contributed by atoms with Gasteiger partial charge in [-0.15, -0.1) is 0 Å². The van der Waals surface area contributed by atoms with E-state index in [2.05, 4.69) is 27.2 Å². The number of hydrogen-bond acceptors (Lipinski definition) is 4. The SMILES string of the molecule is CN=C(NCC1CN(C)CCO1)N1CCC(OCC2CC2)CC1. The fourth-order valence-electron chi connectivity index (χ4n) is 3.32. The number of morpholine rings is 1. The molecule has 1 saturated carbocycles. The van der Waals surface area contributed by atoms with Crippen molar-refractivity contribution in [2.24, 2.45) is 10.9 Å². The molecule has 23 heavy (non-hydrogen) atoms. The van der Waals surface area contributed by atoms with Gasteiger partial charge in [-0.1, -0.05) is 0 Å². The average Bonchev–Trinajstić information content (AvgIpc) is 3.39. The van der Waals surface area contributed by atoms with Crippen LogP contribution >= 0.6 is 0 Å². The zero-order valence-electron chi connectivity index (χ0n) is 14.7. The highest BCUT2D eigenvalue weighted by molar-refractivity contribution is 5.80. The van der Waals surface area contributed by atoms with E-state index in [-0.39, 0.29) is 6.10 Å². The fraction of sp³-hybridized carbons (Fsp3) is 0.941. The van der Waals surface area contributed by atoms with Crippen molar-refractivity contribution < 1.29 is 9.47 Å². The molecule has 6 nitrogen and oxygen atoms in total. The minimum absolute atomic E-state index is 0.255. The lowest BCUT2D eigenvalue weighted by atomic mass is 10.1. The summed E-state index contributed by atoms with van der Waals surface area (Å²) >= 11 is 0. The van der Waals surface area contributed by atoms with Crippen LogP contribution in [-0.2, 0) is 9.47 Å². The topological polar surface area (TPSA) is 49.3 Å². The van der Waals surface area contributed by atoms with Crippen molar-refractivity contribution in [3.63, 3.8) is 0 Å². The van der Waals surface area contributed by atoms with Gasteiger partial charge >= 0.3 is 0 Å². The van der Waals surface area contributed by atoms with E-state index in [1.807, 2.05) is 7.05 Å². The van der Waals surface area contributed by atoms with Gasteiger partial charge in [0.05, 0.1) is 18.8 Å². The maximum atomic E-state index is 6.02. The van der Waals surface area contributed by atoms with E-state index in [1.165, 1.54) is 12.8 Å². The van der Waals surface area contributed by atoms with Gasteiger partial charge in [0, 0.05) is 46.4 Å². The van der Waals surface area contributed by atoms with Crippen molar-refractivity contribution in [1.29, 1.82) is 0 Å². The van der Waals surface area contributed by atoms with Gasteiger partial charge in [0.15, 0.2) is 5.96 Å². The van der Waals surface area contributed by atoms with Crippen molar-refractivity contribution in [3.8, 4) is 0 Å². The second kappa shape index (κ2) is 8.31. The van der Waals surface area contributed by atoms with Crippen LogP contribution in [-0.4, -0.2) is 88.0 Å². The third-order valence-corrected chi connectivity index (χ3v) is 5.05. The third-order valence-electron chi connectivity index (χ3n) is 5.05. The van der Waals surface area contributed by atoms with Crippen LogP contribution in [0.4, 0.5) is 0 Å². The first-order chi connectivity index (χ1) is 11.2. The summed E-state index contributed by atoms with van der Waals surface area (Å²) in [4.78, 5) is 9.12. The minimum Gasteiger partial charge on any atom is -0.378 e. The summed E-state index contributed by atoms with van der Waals surface area (Å²) < 4.78 is 11.8. The predicted molar refractivity (Wildman–Crippen MR) is 91.9 cm³/mol. The number of nitrogens with one attached hydrogen (secondary N) is 1. The van der Waals surface area contributed by atoms with Crippen molar-refractivity contribution in [1.82, 2.24) is 15.1 Å². The molecule has 0 aromatic carbocycles. The molecular formula is C17H32N4O2. The molecule has 0 bridgehead atoms. The maximum Gasteiger partial charge on any atom is 0.193 e. The number of aliphatic imine (C=N–C) groups is 1. The van der Waals surface area contributed by atoms with Crippen LogP contribution < -0.4 is 5.32 Å². The van der Waals surface area contributed by atoms with Gasteiger partial charge in [-0.2, -0.15) is 0 Å². The molecule has 1 N–H and O–H groups in total. The summed E-state index contributed by atoms with van der Waals surface area (Å²) in [6, 6.07) is 0. The van der Waals surface area contributed by atoms with Gasteiger partial charge in [-0.25, -0.2) is 0 Å². The molecule has 1 unspecified atom stereocenters. The van der Waals surface area contributed by atoms with Crippen LogP contribution in [0.5, 0.6) is 0 Å². The molecule has 3 aliphatic rings. The molecule has 2 saturated heterocycles. The highest BCUT2D eigenvalue weighted by Gasteiger charge is 2.26. The largest absolute Gasteiger partial charge is 0.378 e. The van der Waals surface area contributed by atoms with Crippen molar-refractivity contribution in [2.45, 2.75) is 37.9 Å². The molecule has 0 radical (unpaired) electrons. The van der Waals surface area contributed by atoms with Gasteiger partial charge in [0.25, 0.3) is 0 Å². The number of hydrogen-bond donors (Lipinski definition) is 1. The summed E-state index contributed by atoms with van der Waals surface area (Å²) in [5.41, 5.74) is 0. The Labute approximate surface area is 140 Å². The van der Waals surface area contributed by atoms with Gasteiger partial charge in [-0.3, -0.25) is 4.99 Å². The van der Waals surface area contributed by atoms with E-state index in [0.717, 1.165) is 70.7 Å². The lowest BCUT2D eigenvalue weighted by Crippen LogP contribution is -2.51. The van der Waals surface area contributed by atoms with E-state index in [9.17, 15) is 0 Å². The van der Waals surface area contributed by atoms with E-state index in [0.29, 0.717) is 6.10 Å². The second-order valence-electron chi connectivity index (χ2n) is 7.15. The molecule has 2 heterocycles. The van der Waals surface area contributed by atoms with Crippen molar-refractivity contribution in [3.05, 3.63) is 0 Å². The van der Waals surface area contributed by atoms with Crippen LogP contribution in [0, 0.1) is 5.92 Å². The number of likely N-dealkylation sites (tertiary alicyclic amines) is 1. The summed E-state index contributed by atoms with van der Waals surface area (Å²) in [6.45, 7) is 6.70. The van der Waals surface area contributed by atoms with Gasteiger partial charge < -0.3 is 24.6 Å². The Bertz CT molecular complexity index is 392. The molecule has 1 atom stereocenters. The van der Waals surface area contributed by atoms with Crippen molar-refractivity contribution >= 4 is 5.96 Å². The minimum atomic E-state index is 0.255. The Balaban J connectivity index is 1.36. The average molecular weight is 324 g/mol. The first-order valence-electron chi connectivity index (χ1n) is 9.12. The second-order valence-corrected chi connectivity index (χ2v) is 7.15. The Hall–Kier alpha value is -0.850. The molecule has 3 rings (SSSR count). The number of ether oxygens (including phenoxy) is 2. The molecule has 0 aromatic rings. The first kappa shape index (κ1) is 17.0. The summed E-state index contributed by atoms with van der Waals surface area (Å²) in [5, 5.41) is 3.49. The Morgan fingerprint density at radius 3 is 2.65 bits per heavy atom. The lowest BCUT2D eigenvalue weighted by Gasteiger charge is -2.35. The number of nitrogens with zero attached hydrogens (tertiary/aromatic N) is 3. The number of guanidine groups is 1.